The molecule has 0 radical (unpaired) electrons. The van der Waals surface area contributed by atoms with Crippen LogP contribution in [-0.4, -0.2) is 52.4 Å². The zero-order valence-electron chi connectivity index (χ0n) is 13.4. The van der Waals surface area contributed by atoms with Crippen molar-refractivity contribution in [3.8, 4) is 0 Å². The molecular formula is C15H21NO6S. The Kier molecular flexibility index (Phi) is 7.18. The van der Waals surface area contributed by atoms with E-state index in [1.165, 1.54) is 45.2 Å². The highest BCUT2D eigenvalue weighted by atomic mass is 32.2. The highest BCUT2D eigenvalue weighted by Crippen LogP contribution is 2.18. The normalized spacial score (nSPS) is 12.5. The fourth-order valence-corrected chi connectivity index (χ4v) is 2.84. The van der Waals surface area contributed by atoms with Crippen molar-refractivity contribution in [1.29, 1.82) is 0 Å². The molecule has 1 aromatic rings. The van der Waals surface area contributed by atoms with Gasteiger partial charge in [0.15, 0.2) is 15.9 Å². The molecule has 1 N–H and O–H groups in total. The summed E-state index contributed by atoms with van der Waals surface area (Å²) in [5.41, 5.74) is -0.0779. The van der Waals surface area contributed by atoms with Crippen LogP contribution >= 0.6 is 0 Å². The number of benzene rings is 1. The van der Waals surface area contributed by atoms with Crippen molar-refractivity contribution in [1.82, 2.24) is 5.32 Å². The van der Waals surface area contributed by atoms with Crippen LogP contribution in [0.3, 0.4) is 0 Å². The van der Waals surface area contributed by atoms with Crippen molar-refractivity contribution < 1.29 is 27.5 Å². The lowest BCUT2D eigenvalue weighted by Crippen LogP contribution is -2.37. The molecule has 0 aliphatic rings. The van der Waals surface area contributed by atoms with Crippen molar-refractivity contribution in [2.45, 2.75) is 24.8 Å². The second-order valence-corrected chi connectivity index (χ2v) is 6.98. The quantitative estimate of drug-likeness (QED) is 0.553. The molecule has 0 fully saturated rings. The third-order valence-electron chi connectivity index (χ3n) is 3.08. The summed E-state index contributed by atoms with van der Waals surface area (Å²) in [6.45, 7) is 3.53. The lowest BCUT2D eigenvalue weighted by molar-refractivity contribution is -0.129. The molecule has 1 amide bonds. The number of hydrogen-bond donors (Lipinski definition) is 1. The van der Waals surface area contributed by atoms with Crippen molar-refractivity contribution in [3.63, 3.8) is 0 Å². The maximum atomic E-state index is 12.2. The summed E-state index contributed by atoms with van der Waals surface area (Å²) >= 11 is 0. The van der Waals surface area contributed by atoms with Gasteiger partial charge in [-0.2, -0.15) is 0 Å². The third-order valence-corrected chi connectivity index (χ3v) is 4.87. The lowest BCUT2D eigenvalue weighted by Gasteiger charge is -2.14. The van der Waals surface area contributed by atoms with Gasteiger partial charge in [-0.15, -0.1) is 0 Å². The SMILES string of the molecule is CCS(=O)(=O)c1ccccc1C(=O)O[C@H](C)C(=O)NCCOC. The van der Waals surface area contributed by atoms with Gasteiger partial charge in [-0.1, -0.05) is 19.1 Å². The molecule has 0 aromatic heterocycles. The Labute approximate surface area is 135 Å². The van der Waals surface area contributed by atoms with E-state index < -0.39 is 27.8 Å². The summed E-state index contributed by atoms with van der Waals surface area (Å²) in [7, 11) is -2.06. The van der Waals surface area contributed by atoms with Crippen LogP contribution in [0.4, 0.5) is 0 Å². The first-order valence-corrected chi connectivity index (χ1v) is 8.78. The first kappa shape index (κ1) is 19.1. The topological polar surface area (TPSA) is 98.8 Å². The predicted molar refractivity (Wildman–Crippen MR) is 83.9 cm³/mol. The molecule has 0 aliphatic heterocycles. The Morgan fingerprint density at radius 1 is 1.26 bits per heavy atom. The first-order valence-electron chi connectivity index (χ1n) is 7.13. The molecule has 1 aromatic carbocycles. The van der Waals surface area contributed by atoms with Gasteiger partial charge in [0.05, 0.1) is 22.8 Å². The number of rotatable bonds is 8. The van der Waals surface area contributed by atoms with Crippen LogP contribution in [0.25, 0.3) is 0 Å². The number of carbonyl (C=O) groups excluding carboxylic acids is 2. The van der Waals surface area contributed by atoms with Crippen LogP contribution in [0.15, 0.2) is 29.2 Å². The standard InChI is InChI=1S/C15H21NO6S/c1-4-23(19,20)13-8-6-5-7-12(13)15(18)22-11(2)14(17)16-9-10-21-3/h5-8,11H,4,9-10H2,1-3H3,(H,16,17)/t11-/m1/s1. The van der Waals surface area contributed by atoms with Crippen LogP contribution in [0.1, 0.15) is 24.2 Å². The molecule has 0 aliphatic carbocycles. The fourth-order valence-electron chi connectivity index (χ4n) is 1.76. The lowest BCUT2D eigenvalue weighted by atomic mass is 10.2. The minimum atomic E-state index is -3.57. The third kappa shape index (κ3) is 5.33. The number of amides is 1. The summed E-state index contributed by atoms with van der Waals surface area (Å²) < 4.78 is 33.9. The van der Waals surface area contributed by atoms with E-state index in [-0.39, 0.29) is 22.8 Å². The monoisotopic (exact) mass is 343 g/mol. The number of ether oxygens (including phenoxy) is 2. The van der Waals surface area contributed by atoms with Crippen LogP contribution < -0.4 is 5.32 Å². The average Bonchev–Trinajstić information content (AvgIpc) is 2.54. The van der Waals surface area contributed by atoms with Crippen LogP contribution in [0.2, 0.25) is 0 Å². The van der Waals surface area contributed by atoms with Crippen molar-refractivity contribution in [3.05, 3.63) is 29.8 Å². The van der Waals surface area contributed by atoms with E-state index >= 15 is 0 Å². The Morgan fingerprint density at radius 3 is 2.52 bits per heavy atom. The molecule has 0 unspecified atom stereocenters. The fraction of sp³-hybridized carbons (Fsp3) is 0.467. The zero-order chi connectivity index (χ0) is 17.5. The highest BCUT2D eigenvalue weighted by molar-refractivity contribution is 7.91. The van der Waals surface area contributed by atoms with E-state index in [0.29, 0.717) is 6.61 Å². The number of nitrogens with one attached hydrogen (secondary N) is 1. The van der Waals surface area contributed by atoms with Gasteiger partial charge in [-0.25, -0.2) is 13.2 Å². The minimum absolute atomic E-state index is 0.0779. The van der Waals surface area contributed by atoms with Crippen LogP contribution in [0, 0.1) is 0 Å². The van der Waals surface area contributed by atoms with E-state index in [0.717, 1.165) is 0 Å². The second kappa shape index (κ2) is 8.64. The van der Waals surface area contributed by atoms with Crippen molar-refractivity contribution in [2.75, 3.05) is 26.0 Å². The van der Waals surface area contributed by atoms with E-state index in [1.807, 2.05) is 0 Å². The molecule has 1 rings (SSSR count). The van der Waals surface area contributed by atoms with E-state index in [9.17, 15) is 18.0 Å². The molecule has 1 atom stereocenters. The Balaban J connectivity index is 2.85. The smallest absolute Gasteiger partial charge is 0.340 e. The maximum absolute atomic E-state index is 12.2. The number of sulfone groups is 1. The van der Waals surface area contributed by atoms with Crippen LogP contribution in [-0.2, 0) is 24.1 Å². The molecule has 128 valence electrons. The predicted octanol–water partition coefficient (Wildman–Crippen LogP) is 0.788. The largest absolute Gasteiger partial charge is 0.449 e. The number of hydrogen-bond acceptors (Lipinski definition) is 6. The molecule has 23 heavy (non-hydrogen) atoms. The summed E-state index contributed by atoms with van der Waals surface area (Å²) in [5, 5.41) is 2.54. The van der Waals surface area contributed by atoms with Crippen molar-refractivity contribution in [2.24, 2.45) is 0 Å². The summed E-state index contributed by atoms with van der Waals surface area (Å²) in [6, 6.07) is 5.77. The van der Waals surface area contributed by atoms with Crippen molar-refractivity contribution >= 4 is 21.7 Å². The van der Waals surface area contributed by atoms with Gasteiger partial charge >= 0.3 is 5.97 Å². The molecule has 7 nitrogen and oxygen atoms in total. The van der Waals surface area contributed by atoms with E-state index in [2.05, 4.69) is 5.32 Å². The molecular weight excluding hydrogens is 322 g/mol. The molecule has 0 saturated heterocycles. The first-order chi connectivity index (χ1) is 10.8. The van der Waals surface area contributed by atoms with Crippen LogP contribution in [0.5, 0.6) is 0 Å². The number of carbonyl (C=O) groups is 2. The maximum Gasteiger partial charge on any atom is 0.340 e. The number of esters is 1. The summed E-state index contributed by atoms with van der Waals surface area (Å²) in [6.07, 6.45) is -1.04. The van der Waals surface area contributed by atoms with Gasteiger partial charge in [0.25, 0.3) is 5.91 Å². The van der Waals surface area contributed by atoms with Gasteiger partial charge in [0.1, 0.15) is 0 Å². The Bertz CT molecular complexity index is 656. The van der Waals surface area contributed by atoms with E-state index in [4.69, 9.17) is 9.47 Å². The highest BCUT2D eigenvalue weighted by Gasteiger charge is 2.24. The molecule has 0 heterocycles. The average molecular weight is 343 g/mol. The molecule has 0 saturated carbocycles. The van der Waals surface area contributed by atoms with Gasteiger partial charge < -0.3 is 14.8 Å². The van der Waals surface area contributed by atoms with Gasteiger partial charge in [-0.05, 0) is 19.1 Å². The van der Waals surface area contributed by atoms with E-state index in [1.54, 1.807) is 0 Å². The molecule has 0 bridgehead atoms. The molecule has 8 heteroatoms. The van der Waals surface area contributed by atoms with Gasteiger partial charge in [0, 0.05) is 13.7 Å². The van der Waals surface area contributed by atoms with Gasteiger partial charge in [-0.3, -0.25) is 4.79 Å². The summed E-state index contributed by atoms with van der Waals surface area (Å²) in [5.74, 6) is -1.47. The molecule has 0 spiro atoms. The minimum Gasteiger partial charge on any atom is -0.449 e. The number of methoxy groups -OCH3 is 1. The second-order valence-electron chi connectivity index (χ2n) is 4.73. The zero-order valence-corrected chi connectivity index (χ0v) is 14.2. The Morgan fingerprint density at radius 2 is 1.91 bits per heavy atom. The Hall–Kier alpha value is -1.93. The summed E-state index contributed by atoms with van der Waals surface area (Å²) in [4.78, 5) is 23.8. The van der Waals surface area contributed by atoms with Gasteiger partial charge in [0.2, 0.25) is 0 Å².